The molecule has 1 aromatic carbocycles. The zero-order chi connectivity index (χ0) is 10.6. The van der Waals surface area contributed by atoms with E-state index in [1.807, 2.05) is 18.2 Å². The molecule has 0 aliphatic carbocycles. The molecule has 0 fully saturated rings. The van der Waals surface area contributed by atoms with Crippen molar-refractivity contribution in [2.24, 2.45) is 0 Å². The highest BCUT2D eigenvalue weighted by atomic mass is 32.4. The SMILES string of the molecule is COc1cccc(OC)c1[P+](=S)OC. The Hall–Kier alpha value is -0.700. The minimum absolute atomic E-state index is 0.715. The van der Waals surface area contributed by atoms with E-state index in [1.54, 1.807) is 21.3 Å². The van der Waals surface area contributed by atoms with Crippen molar-refractivity contribution in [2.75, 3.05) is 21.3 Å². The fourth-order valence-corrected chi connectivity index (χ4v) is 2.52. The van der Waals surface area contributed by atoms with Crippen LogP contribution in [0.5, 0.6) is 11.5 Å². The second-order valence-corrected chi connectivity index (χ2v) is 4.77. The van der Waals surface area contributed by atoms with Crippen LogP contribution in [0, 0.1) is 0 Å². The van der Waals surface area contributed by atoms with Crippen LogP contribution in [0.2, 0.25) is 0 Å². The van der Waals surface area contributed by atoms with Crippen LogP contribution in [0.15, 0.2) is 18.2 Å². The van der Waals surface area contributed by atoms with E-state index >= 15 is 0 Å². The van der Waals surface area contributed by atoms with Gasteiger partial charge in [0.1, 0.15) is 0 Å². The Bertz CT molecular complexity index is 319. The molecule has 0 spiro atoms. The Kier molecular flexibility index (Phi) is 4.26. The van der Waals surface area contributed by atoms with Gasteiger partial charge in [0.15, 0.2) is 11.5 Å². The predicted molar refractivity (Wildman–Crippen MR) is 60.5 cm³/mol. The summed E-state index contributed by atoms with van der Waals surface area (Å²) in [7, 11) is 4.80. The molecule has 5 heteroatoms. The molecule has 1 atom stereocenters. The van der Waals surface area contributed by atoms with Crippen molar-refractivity contribution < 1.29 is 14.0 Å². The lowest BCUT2D eigenvalue weighted by Gasteiger charge is -2.04. The first-order chi connectivity index (χ1) is 6.74. The first-order valence-corrected chi connectivity index (χ1v) is 6.24. The van der Waals surface area contributed by atoms with Crippen LogP contribution >= 0.6 is 6.92 Å². The summed E-state index contributed by atoms with van der Waals surface area (Å²) < 4.78 is 15.5. The zero-order valence-corrected chi connectivity index (χ0v) is 10.0. The lowest BCUT2D eigenvalue weighted by Crippen LogP contribution is -2.07. The van der Waals surface area contributed by atoms with Gasteiger partial charge in [-0.3, -0.25) is 0 Å². The van der Waals surface area contributed by atoms with Crippen molar-refractivity contribution in [3.05, 3.63) is 18.2 Å². The minimum atomic E-state index is -1.09. The smallest absolute Gasteiger partial charge is 0.385 e. The van der Waals surface area contributed by atoms with Gasteiger partial charge in [-0.05, 0) is 12.1 Å². The molecule has 0 amide bonds. The van der Waals surface area contributed by atoms with Crippen molar-refractivity contribution in [1.29, 1.82) is 0 Å². The van der Waals surface area contributed by atoms with Gasteiger partial charge in [-0.25, -0.2) is 0 Å². The van der Waals surface area contributed by atoms with Crippen LogP contribution < -0.4 is 14.8 Å². The molecule has 0 saturated heterocycles. The molecule has 1 aromatic rings. The van der Waals surface area contributed by atoms with Crippen LogP contribution in [0.25, 0.3) is 0 Å². The molecule has 0 aliphatic rings. The summed E-state index contributed by atoms with van der Waals surface area (Å²) in [5.74, 6) is 1.43. The Balaban J connectivity index is 3.25. The van der Waals surface area contributed by atoms with Gasteiger partial charge in [0.2, 0.25) is 11.8 Å². The van der Waals surface area contributed by atoms with E-state index in [9.17, 15) is 0 Å². The Morgan fingerprint density at radius 3 is 1.93 bits per heavy atom. The zero-order valence-electron chi connectivity index (χ0n) is 8.31. The molecule has 76 valence electrons. The summed E-state index contributed by atoms with van der Waals surface area (Å²) in [5, 5.41) is 0.824. The molecule has 0 heterocycles. The number of rotatable bonds is 4. The van der Waals surface area contributed by atoms with Gasteiger partial charge < -0.3 is 9.47 Å². The molecule has 0 bridgehead atoms. The normalized spacial score (nSPS) is 10.9. The Morgan fingerprint density at radius 2 is 1.57 bits per heavy atom. The lowest BCUT2D eigenvalue weighted by atomic mass is 10.3. The van der Waals surface area contributed by atoms with Gasteiger partial charge in [0.05, 0.1) is 21.3 Å². The van der Waals surface area contributed by atoms with Crippen LogP contribution in [0.1, 0.15) is 0 Å². The van der Waals surface area contributed by atoms with Crippen LogP contribution in [-0.2, 0) is 16.3 Å². The third-order valence-electron chi connectivity index (χ3n) is 1.75. The summed E-state index contributed by atoms with van der Waals surface area (Å²) in [6.07, 6.45) is 0. The summed E-state index contributed by atoms with van der Waals surface area (Å²) in [5.41, 5.74) is 0. The fourth-order valence-electron chi connectivity index (χ4n) is 1.10. The molecule has 0 aromatic heterocycles. The first kappa shape index (κ1) is 11.4. The fraction of sp³-hybridized carbons (Fsp3) is 0.333. The summed E-state index contributed by atoms with van der Waals surface area (Å²) in [4.78, 5) is 0. The monoisotopic (exact) mass is 231 g/mol. The van der Waals surface area contributed by atoms with E-state index in [0.29, 0.717) is 11.5 Å². The van der Waals surface area contributed by atoms with E-state index in [2.05, 4.69) is 0 Å². The molecular formula is C9H12O3PS+. The molecule has 1 unspecified atom stereocenters. The highest BCUT2D eigenvalue weighted by molar-refractivity contribution is 8.06. The number of hydrogen-bond acceptors (Lipinski definition) is 4. The molecule has 14 heavy (non-hydrogen) atoms. The van der Waals surface area contributed by atoms with Gasteiger partial charge in [0, 0.05) is 0 Å². The van der Waals surface area contributed by atoms with E-state index in [1.165, 1.54) is 0 Å². The van der Waals surface area contributed by atoms with Crippen molar-refractivity contribution in [1.82, 2.24) is 0 Å². The largest absolute Gasteiger partial charge is 0.492 e. The van der Waals surface area contributed by atoms with Crippen LogP contribution in [0.4, 0.5) is 0 Å². The first-order valence-electron chi connectivity index (χ1n) is 3.97. The standard InChI is InChI=1S/C9H12O3PS/c1-10-7-5-4-6-8(11-2)9(7)13(14)12-3/h4-6H,1-3H3/q+1. The van der Waals surface area contributed by atoms with E-state index in [-0.39, 0.29) is 0 Å². The highest BCUT2D eigenvalue weighted by Gasteiger charge is 2.26. The second-order valence-electron chi connectivity index (χ2n) is 2.45. The maximum atomic E-state index is 5.20. The Labute approximate surface area is 89.5 Å². The van der Waals surface area contributed by atoms with Gasteiger partial charge >= 0.3 is 6.92 Å². The van der Waals surface area contributed by atoms with E-state index < -0.39 is 6.92 Å². The lowest BCUT2D eigenvalue weighted by molar-refractivity contribution is 0.398. The Morgan fingerprint density at radius 1 is 1.07 bits per heavy atom. The average Bonchev–Trinajstić information content (AvgIpc) is 2.26. The number of methoxy groups -OCH3 is 2. The third-order valence-corrected chi connectivity index (χ3v) is 3.88. The molecular weight excluding hydrogens is 219 g/mol. The minimum Gasteiger partial charge on any atom is -0.492 e. The topological polar surface area (TPSA) is 27.7 Å². The molecule has 0 aliphatic heterocycles. The molecule has 1 rings (SSSR count). The van der Waals surface area contributed by atoms with Gasteiger partial charge in [-0.2, -0.15) is 4.52 Å². The predicted octanol–water partition coefficient (Wildman–Crippen LogP) is 1.83. The van der Waals surface area contributed by atoms with Crippen molar-refractivity contribution in [3.63, 3.8) is 0 Å². The third kappa shape index (κ3) is 2.21. The number of benzene rings is 1. The molecule has 3 nitrogen and oxygen atoms in total. The molecule has 0 saturated carbocycles. The summed E-state index contributed by atoms with van der Waals surface area (Å²) in [6.45, 7) is -1.09. The van der Waals surface area contributed by atoms with Crippen LogP contribution in [-0.4, -0.2) is 21.3 Å². The van der Waals surface area contributed by atoms with Crippen molar-refractivity contribution >= 4 is 24.0 Å². The van der Waals surface area contributed by atoms with Crippen LogP contribution in [0.3, 0.4) is 0 Å². The van der Waals surface area contributed by atoms with Crippen molar-refractivity contribution in [2.45, 2.75) is 0 Å². The van der Waals surface area contributed by atoms with E-state index in [4.69, 9.17) is 25.8 Å². The maximum absolute atomic E-state index is 5.20. The second kappa shape index (κ2) is 5.25. The van der Waals surface area contributed by atoms with Gasteiger partial charge in [-0.1, -0.05) is 6.07 Å². The average molecular weight is 231 g/mol. The maximum Gasteiger partial charge on any atom is 0.385 e. The number of hydrogen-bond donors (Lipinski definition) is 0. The molecule has 0 radical (unpaired) electrons. The van der Waals surface area contributed by atoms with Crippen molar-refractivity contribution in [3.8, 4) is 11.5 Å². The quantitative estimate of drug-likeness (QED) is 0.739. The highest BCUT2D eigenvalue weighted by Crippen LogP contribution is 2.32. The van der Waals surface area contributed by atoms with Gasteiger partial charge in [-0.15, -0.1) is 0 Å². The summed E-state index contributed by atoms with van der Waals surface area (Å²) >= 11 is 5.20. The number of ether oxygens (including phenoxy) is 2. The van der Waals surface area contributed by atoms with E-state index in [0.717, 1.165) is 5.30 Å². The molecule has 0 N–H and O–H groups in total. The van der Waals surface area contributed by atoms with Gasteiger partial charge in [0.25, 0.3) is 5.30 Å². The summed E-state index contributed by atoms with van der Waals surface area (Å²) in [6, 6.07) is 5.55.